The zero-order valence-electron chi connectivity index (χ0n) is 12.5. The van der Waals surface area contributed by atoms with Gasteiger partial charge in [-0.2, -0.15) is 0 Å². The van der Waals surface area contributed by atoms with Crippen LogP contribution in [0.2, 0.25) is 0 Å². The Labute approximate surface area is 141 Å². The monoisotopic (exact) mass is 332 g/mol. The molecule has 116 valence electrons. The van der Waals surface area contributed by atoms with Crippen LogP contribution in [0.3, 0.4) is 0 Å². The lowest BCUT2D eigenvalue weighted by atomic mass is 10.2. The number of carboxylic acid groups (broad SMARTS) is 1. The molecule has 4 rings (SSSR count). The van der Waals surface area contributed by atoms with Crippen molar-refractivity contribution in [1.82, 2.24) is 4.98 Å². The van der Waals surface area contributed by atoms with E-state index in [1.54, 1.807) is 35.6 Å². The quantitative estimate of drug-likeness (QED) is 0.556. The van der Waals surface area contributed by atoms with Gasteiger partial charge in [0.25, 0.3) is 0 Å². The van der Waals surface area contributed by atoms with E-state index in [0.29, 0.717) is 0 Å². The van der Waals surface area contributed by atoms with Gasteiger partial charge in [0.05, 0.1) is 37.4 Å². The molecule has 0 saturated heterocycles. The Bertz CT molecular complexity index is 1080. The number of fused-ring (bicyclic) bond motifs is 2. The lowest BCUT2D eigenvalue weighted by molar-refractivity contribution is 0.0697. The number of para-hydroxylation sites is 1. The van der Waals surface area contributed by atoms with Crippen LogP contribution in [-0.2, 0) is 0 Å². The van der Waals surface area contributed by atoms with Gasteiger partial charge in [-0.3, -0.25) is 0 Å². The lowest BCUT2D eigenvalue weighted by Crippen LogP contribution is -2.01. The van der Waals surface area contributed by atoms with Gasteiger partial charge in [0.1, 0.15) is 0 Å². The minimum atomic E-state index is -0.938. The predicted octanol–water partition coefficient (Wildman–Crippen LogP) is 4.33. The normalized spacial score (nSPS) is 11.9. The molecular formula is C19H12N2O2S. The summed E-state index contributed by atoms with van der Waals surface area (Å²) in [6.45, 7) is 0. The zero-order valence-corrected chi connectivity index (χ0v) is 13.3. The molecule has 24 heavy (non-hydrogen) atoms. The van der Waals surface area contributed by atoms with Crippen LogP contribution in [0, 0.1) is 0 Å². The minimum absolute atomic E-state index is 0.255. The second kappa shape index (κ2) is 5.86. The Morgan fingerprint density at radius 1 is 1.00 bits per heavy atom. The molecule has 1 aliphatic carbocycles. The fraction of sp³-hybridized carbons (Fsp3) is 0. The van der Waals surface area contributed by atoms with Crippen LogP contribution in [0.5, 0.6) is 0 Å². The van der Waals surface area contributed by atoms with Crippen molar-refractivity contribution in [2.24, 2.45) is 4.99 Å². The van der Waals surface area contributed by atoms with Gasteiger partial charge in [0.2, 0.25) is 0 Å². The fourth-order valence-electron chi connectivity index (χ4n) is 2.46. The summed E-state index contributed by atoms with van der Waals surface area (Å²) in [6, 6.07) is 20.5. The minimum Gasteiger partial charge on any atom is -0.478 e. The number of carboxylic acids is 1. The van der Waals surface area contributed by atoms with Crippen molar-refractivity contribution >= 4 is 33.2 Å². The molecule has 1 aliphatic heterocycles. The predicted molar refractivity (Wildman–Crippen MR) is 94.9 cm³/mol. The van der Waals surface area contributed by atoms with Crippen molar-refractivity contribution < 1.29 is 9.90 Å². The van der Waals surface area contributed by atoms with Gasteiger partial charge >= 0.3 is 5.97 Å². The Morgan fingerprint density at radius 2 is 1.79 bits per heavy atom. The van der Waals surface area contributed by atoms with Crippen LogP contribution in [0.1, 0.15) is 10.4 Å². The summed E-state index contributed by atoms with van der Waals surface area (Å²) in [6.07, 6.45) is 0. The number of rotatable bonds is 2. The van der Waals surface area contributed by atoms with Crippen LogP contribution in [0.15, 0.2) is 71.7 Å². The lowest BCUT2D eigenvalue weighted by Gasteiger charge is -2.05. The Hall–Kier alpha value is -3.05. The third kappa shape index (κ3) is 2.77. The van der Waals surface area contributed by atoms with Gasteiger partial charge in [-0.25, -0.2) is 14.8 Å². The molecule has 0 saturated carbocycles. The van der Waals surface area contributed by atoms with E-state index in [1.165, 1.54) is 0 Å². The summed E-state index contributed by atoms with van der Waals surface area (Å²) >= 11 is 1.68. The van der Waals surface area contributed by atoms with E-state index in [1.807, 2.05) is 36.4 Å². The van der Waals surface area contributed by atoms with Crippen molar-refractivity contribution in [3.8, 4) is 10.6 Å². The molecule has 2 aromatic carbocycles. The summed E-state index contributed by atoms with van der Waals surface area (Å²) in [4.78, 5) is 21.2. The Kier molecular flexibility index (Phi) is 3.55. The number of aromatic nitrogens is 1. The summed E-state index contributed by atoms with van der Waals surface area (Å²) in [7, 11) is 0. The van der Waals surface area contributed by atoms with E-state index in [4.69, 9.17) is 5.11 Å². The van der Waals surface area contributed by atoms with E-state index < -0.39 is 5.97 Å². The highest BCUT2D eigenvalue weighted by atomic mass is 32.1. The molecule has 0 spiro atoms. The van der Waals surface area contributed by atoms with Crippen LogP contribution in [0.4, 0.5) is 5.69 Å². The number of benzene rings is 3. The van der Waals surface area contributed by atoms with Crippen LogP contribution in [0.25, 0.3) is 20.8 Å². The molecule has 0 radical (unpaired) electrons. The molecule has 0 unspecified atom stereocenters. The van der Waals surface area contributed by atoms with E-state index in [2.05, 4.69) is 16.0 Å². The van der Waals surface area contributed by atoms with Crippen molar-refractivity contribution in [2.75, 3.05) is 0 Å². The molecule has 0 aromatic heterocycles. The molecule has 2 aliphatic rings. The molecule has 1 N–H and O–H groups in total. The Morgan fingerprint density at radius 3 is 2.58 bits per heavy atom. The first-order chi connectivity index (χ1) is 11.7. The fourth-order valence-corrected chi connectivity index (χ4v) is 3.46. The summed E-state index contributed by atoms with van der Waals surface area (Å²) in [5.41, 5.74) is 2.91. The first-order valence-corrected chi connectivity index (χ1v) is 8.18. The van der Waals surface area contributed by atoms with Crippen molar-refractivity contribution in [3.05, 3.63) is 77.7 Å². The summed E-state index contributed by atoms with van der Waals surface area (Å²) in [5, 5.41) is 9.75. The highest BCUT2D eigenvalue weighted by Gasteiger charge is 2.06. The van der Waals surface area contributed by atoms with Crippen LogP contribution >= 0.6 is 11.3 Å². The van der Waals surface area contributed by atoms with Crippen molar-refractivity contribution in [3.63, 3.8) is 0 Å². The number of hydrogen-bond donors (Lipinski definition) is 1. The third-order valence-electron chi connectivity index (χ3n) is 3.64. The maximum Gasteiger partial charge on any atom is 0.335 e. The summed E-state index contributed by atoms with van der Waals surface area (Å²) in [5.74, 6) is -0.938. The average molecular weight is 332 g/mol. The van der Waals surface area contributed by atoms with Crippen molar-refractivity contribution in [2.45, 2.75) is 0 Å². The molecule has 1 heterocycles. The van der Waals surface area contributed by atoms with Gasteiger partial charge in [-0.15, -0.1) is 11.3 Å². The highest BCUT2D eigenvalue weighted by Crippen LogP contribution is 2.29. The van der Waals surface area contributed by atoms with Gasteiger partial charge in [-0.1, -0.05) is 12.1 Å². The largest absolute Gasteiger partial charge is 0.478 e. The molecule has 5 heteroatoms. The average Bonchev–Trinajstić information content (AvgIpc) is 2.60. The zero-order chi connectivity index (χ0) is 16.5. The van der Waals surface area contributed by atoms with E-state index in [-0.39, 0.29) is 5.56 Å². The third-order valence-corrected chi connectivity index (χ3v) is 4.75. The van der Waals surface area contributed by atoms with Crippen LogP contribution < -0.4 is 5.36 Å². The number of aromatic carboxylic acids is 1. The second-order valence-electron chi connectivity index (χ2n) is 5.30. The number of carbonyl (C=O) groups is 1. The molecular weight excluding hydrogens is 320 g/mol. The molecule has 0 atom stereocenters. The maximum atomic E-state index is 10.9. The number of nitrogens with zero attached hydrogens (tertiary/aromatic N) is 2. The standard InChI is InChI=1S/C19H12N2O2S/c22-19(23)12-5-7-13(8-6-12)20-14-9-10-16-18(11-14)24-17-4-2-1-3-15(17)21-16/h1-11H,(H,22,23). The van der Waals surface area contributed by atoms with Gasteiger partial charge in [-0.05, 0) is 54.6 Å². The maximum absolute atomic E-state index is 10.9. The Balaban J connectivity index is 1.80. The van der Waals surface area contributed by atoms with Gasteiger partial charge in [0.15, 0.2) is 0 Å². The SMILES string of the molecule is O=C(O)c1ccc(N=c2ccc3nc4ccccc4sc-3c2)cc1. The van der Waals surface area contributed by atoms with E-state index in [9.17, 15) is 4.79 Å². The van der Waals surface area contributed by atoms with Crippen LogP contribution in [-0.4, -0.2) is 16.1 Å². The molecule has 0 fully saturated rings. The first-order valence-electron chi connectivity index (χ1n) is 7.37. The second-order valence-corrected chi connectivity index (χ2v) is 6.38. The smallest absolute Gasteiger partial charge is 0.335 e. The highest BCUT2D eigenvalue weighted by molar-refractivity contribution is 7.21. The van der Waals surface area contributed by atoms with Crippen molar-refractivity contribution in [1.29, 1.82) is 0 Å². The first kappa shape index (κ1) is 14.5. The molecule has 0 bridgehead atoms. The molecule has 2 aromatic rings. The van der Waals surface area contributed by atoms with E-state index >= 15 is 0 Å². The van der Waals surface area contributed by atoms with E-state index in [0.717, 1.165) is 31.8 Å². The van der Waals surface area contributed by atoms with Gasteiger partial charge < -0.3 is 5.11 Å². The molecule has 4 nitrogen and oxygen atoms in total. The summed E-state index contributed by atoms with van der Waals surface area (Å²) < 4.78 is 1.13. The topological polar surface area (TPSA) is 62.5 Å². The van der Waals surface area contributed by atoms with Gasteiger partial charge in [0, 0.05) is 0 Å². The number of hydrogen-bond acceptors (Lipinski definition) is 4. The molecule has 0 amide bonds.